The van der Waals surface area contributed by atoms with Crippen molar-refractivity contribution in [3.05, 3.63) is 59.7 Å². The van der Waals surface area contributed by atoms with E-state index in [-0.39, 0.29) is 43.4 Å². The molecule has 3 atom stereocenters. The summed E-state index contributed by atoms with van der Waals surface area (Å²) in [5.41, 5.74) is 4.02. The number of carboxylic acids is 1. The number of alkyl carbamates (subject to hydrolysis) is 1. The third-order valence-corrected chi connectivity index (χ3v) is 7.17. The number of ether oxygens (including phenoxy) is 1. The summed E-state index contributed by atoms with van der Waals surface area (Å²) in [6.45, 7) is 0.398. The van der Waals surface area contributed by atoms with Gasteiger partial charge in [-0.25, -0.2) is 4.79 Å². The van der Waals surface area contributed by atoms with E-state index in [9.17, 15) is 19.5 Å². The van der Waals surface area contributed by atoms with E-state index in [0.717, 1.165) is 24.0 Å². The molecule has 2 fully saturated rings. The number of rotatable bonds is 7. The van der Waals surface area contributed by atoms with Gasteiger partial charge in [0.15, 0.2) is 0 Å². The van der Waals surface area contributed by atoms with Crippen molar-refractivity contribution < 1.29 is 24.2 Å². The first-order valence-corrected chi connectivity index (χ1v) is 11.1. The minimum Gasteiger partial charge on any atom is -0.481 e. The molecule has 0 spiro atoms. The number of carboxylic acid groups (broad SMARTS) is 1. The second kappa shape index (κ2) is 7.97. The highest BCUT2D eigenvalue weighted by Gasteiger charge is 2.65. The standard InChI is InChI=1S/C25H26N2O5/c28-22(27-16-11-15-12-25(15,13-16)23(29)30)9-10-26-24(31)32-14-21-19-7-3-1-5-17(19)18-6-2-4-8-20(18)21/h1-8,15-16,21H,9-14H2,(H,26,31)(H,27,28)(H,29,30)/t15-,16+,25+/m0/s1. The fraction of sp³-hybridized carbons (Fsp3) is 0.400. The molecule has 0 aromatic heterocycles. The zero-order chi connectivity index (χ0) is 22.3. The van der Waals surface area contributed by atoms with Crippen LogP contribution < -0.4 is 10.6 Å². The van der Waals surface area contributed by atoms with Crippen LogP contribution >= 0.6 is 0 Å². The molecule has 2 aromatic rings. The van der Waals surface area contributed by atoms with Crippen molar-refractivity contribution in [1.82, 2.24) is 10.6 Å². The van der Waals surface area contributed by atoms with Gasteiger partial charge in [0.2, 0.25) is 5.91 Å². The first kappa shape index (κ1) is 20.5. The summed E-state index contributed by atoms with van der Waals surface area (Å²) in [5.74, 6) is -0.761. The van der Waals surface area contributed by atoms with Crippen LogP contribution in [-0.2, 0) is 14.3 Å². The number of carbonyl (C=O) groups excluding carboxylic acids is 2. The van der Waals surface area contributed by atoms with Crippen molar-refractivity contribution in [1.29, 1.82) is 0 Å². The minimum absolute atomic E-state index is 0.00759. The highest BCUT2D eigenvalue weighted by atomic mass is 16.5. The molecule has 2 amide bonds. The molecule has 3 aliphatic rings. The molecule has 166 valence electrons. The topological polar surface area (TPSA) is 105 Å². The molecule has 5 rings (SSSR count). The van der Waals surface area contributed by atoms with Gasteiger partial charge in [-0.1, -0.05) is 48.5 Å². The molecule has 0 saturated heterocycles. The lowest BCUT2D eigenvalue weighted by Crippen LogP contribution is -2.37. The Morgan fingerprint density at radius 1 is 1.00 bits per heavy atom. The highest BCUT2D eigenvalue weighted by Crippen LogP contribution is 2.63. The number of hydrogen-bond donors (Lipinski definition) is 3. The van der Waals surface area contributed by atoms with E-state index in [1.165, 1.54) is 11.1 Å². The fourth-order valence-corrected chi connectivity index (χ4v) is 5.49. The average Bonchev–Trinajstić information content (AvgIpc) is 3.21. The molecule has 0 radical (unpaired) electrons. The lowest BCUT2D eigenvalue weighted by molar-refractivity contribution is -0.143. The van der Waals surface area contributed by atoms with Crippen LogP contribution in [0.2, 0.25) is 0 Å². The third-order valence-electron chi connectivity index (χ3n) is 7.17. The van der Waals surface area contributed by atoms with Gasteiger partial charge in [-0.2, -0.15) is 0 Å². The molecule has 7 nitrogen and oxygen atoms in total. The molecule has 0 aliphatic heterocycles. The van der Waals surface area contributed by atoms with Crippen LogP contribution in [0.25, 0.3) is 11.1 Å². The van der Waals surface area contributed by atoms with Crippen molar-refractivity contribution >= 4 is 18.0 Å². The summed E-state index contributed by atoms with van der Waals surface area (Å²) >= 11 is 0. The van der Waals surface area contributed by atoms with E-state index in [2.05, 4.69) is 34.9 Å². The van der Waals surface area contributed by atoms with Gasteiger partial charge in [0.25, 0.3) is 0 Å². The summed E-state index contributed by atoms with van der Waals surface area (Å²) in [6, 6.07) is 16.2. The van der Waals surface area contributed by atoms with E-state index in [4.69, 9.17) is 4.74 Å². The van der Waals surface area contributed by atoms with Gasteiger partial charge in [-0.3, -0.25) is 9.59 Å². The first-order chi connectivity index (χ1) is 15.5. The Bertz CT molecular complexity index is 1040. The average molecular weight is 434 g/mol. The molecular weight excluding hydrogens is 408 g/mol. The summed E-state index contributed by atoms with van der Waals surface area (Å²) in [5, 5.41) is 14.9. The van der Waals surface area contributed by atoms with Crippen molar-refractivity contribution in [3.8, 4) is 11.1 Å². The van der Waals surface area contributed by atoms with Crippen LogP contribution in [0, 0.1) is 11.3 Å². The molecule has 3 N–H and O–H groups in total. The van der Waals surface area contributed by atoms with Crippen molar-refractivity contribution in [3.63, 3.8) is 0 Å². The van der Waals surface area contributed by atoms with Crippen molar-refractivity contribution in [2.45, 2.75) is 37.6 Å². The minimum atomic E-state index is -0.754. The Hall–Kier alpha value is -3.35. The zero-order valence-electron chi connectivity index (χ0n) is 17.7. The van der Waals surface area contributed by atoms with E-state index >= 15 is 0 Å². The first-order valence-electron chi connectivity index (χ1n) is 11.1. The Morgan fingerprint density at radius 2 is 1.66 bits per heavy atom. The lowest BCUT2D eigenvalue weighted by atomic mass is 9.98. The monoisotopic (exact) mass is 434 g/mol. The molecule has 0 bridgehead atoms. The third kappa shape index (κ3) is 3.61. The normalized spacial score (nSPS) is 24.8. The fourth-order valence-electron chi connectivity index (χ4n) is 5.49. The predicted octanol–water partition coefficient (Wildman–Crippen LogP) is 3.28. The molecular formula is C25H26N2O5. The number of benzene rings is 2. The second-order valence-corrected chi connectivity index (χ2v) is 9.07. The maximum atomic E-state index is 12.2. The SMILES string of the molecule is O=C(CCNC(=O)OCC1c2ccccc2-c2ccccc21)N[C@@H]1C[C@H]2C[C@@]2(C(=O)O)C1. The molecule has 3 aliphatic carbocycles. The molecule has 0 heterocycles. The quantitative estimate of drug-likeness (QED) is 0.620. The molecule has 2 saturated carbocycles. The van der Waals surface area contributed by atoms with Gasteiger partial charge in [0, 0.05) is 24.9 Å². The molecule has 0 unspecified atom stereocenters. The van der Waals surface area contributed by atoms with Gasteiger partial charge in [0.05, 0.1) is 5.41 Å². The van der Waals surface area contributed by atoms with E-state index in [0.29, 0.717) is 6.42 Å². The maximum absolute atomic E-state index is 12.2. The number of nitrogens with one attached hydrogen (secondary N) is 2. The Labute approximate surface area is 186 Å². The number of hydrogen-bond acceptors (Lipinski definition) is 4. The summed E-state index contributed by atoms with van der Waals surface area (Å²) in [7, 11) is 0. The highest BCUT2D eigenvalue weighted by molar-refractivity contribution is 5.81. The van der Waals surface area contributed by atoms with Crippen molar-refractivity contribution in [2.75, 3.05) is 13.2 Å². The van der Waals surface area contributed by atoms with Gasteiger partial charge < -0.3 is 20.5 Å². The van der Waals surface area contributed by atoms with E-state index in [1.54, 1.807) is 0 Å². The summed E-state index contributed by atoms with van der Waals surface area (Å²) < 4.78 is 5.47. The Morgan fingerprint density at radius 3 is 2.28 bits per heavy atom. The molecule has 7 heteroatoms. The summed E-state index contributed by atoms with van der Waals surface area (Å²) in [4.78, 5) is 35.7. The maximum Gasteiger partial charge on any atom is 0.407 e. The predicted molar refractivity (Wildman–Crippen MR) is 117 cm³/mol. The van der Waals surface area contributed by atoms with Crippen LogP contribution in [-0.4, -0.2) is 42.3 Å². The van der Waals surface area contributed by atoms with Crippen LogP contribution in [0.15, 0.2) is 48.5 Å². The van der Waals surface area contributed by atoms with Crippen LogP contribution in [0.1, 0.15) is 42.7 Å². The van der Waals surface area contributed by atoms with Gasteiger partial charge in [-0.05, 0) is 47.4 Å². The second-order valence-electron chi connectivity index (χ2n) is 9.07. The summed E-state index contributed by atoms with van der Waals surface area (Å²) in [6.07, 6.45) is 1.52. The largest absolute Gasteiger partial charge is 0.481 e. The van der Waals surface area contributed by atoms with E-state index in [1.807, 2.05) is 24.3 Å². The lowest BCUT2D eigenvalue weighted by Gasteiger charge is -2.16. The smallest absolute Gasteiger partial charge is 0.407 e. The number of aliphatic carboxylic acids is 1. The Balaban J connectivity index is 1.07. The van der Waals surface area contributed by atoms with Gasteiger partial charge >= 0.3 is 12.1 Å². The van der Waals surface area contributed by atoms with Gasteiger partial charge in [-0.15, -0.1) is 0 Å². The Kier molecular flexibility index (Phi) is 5.12. The number of fused-ring (bicyclic) bond motifs is 4. The van der Waals surface area contributed by atoms with Crippen molar-refractivity contribution in [2.24, 2.45) is 11.3 Å². The van der Waals surface area contributed by atoms with Crippen LogP contribution in [0.5, 0.6) is 0 Å². The van der Waals surface area contributed by atoms with E-state index < -0.39 is 17.5 Å². The van der Waals surface area contributed by atoms with Gasteiger partial charge in [0.1, 0.15) is 6.61 Å². The van der Waals surface area contributed by atoms with Crippen LogP contribution in [0.3, 0.4) is 0 Å². The zero-order valence-corrected chi connectivity index (χ0v) is 17.7. The number of carbonyl (C=O) groups is 3. The number of amides is 2. The molecule has 2 aromatic carbocycles. The van der Waals surface area contributed by atoms with Crippen LogP contribution in [0.4, 0.5) is 4.79 Å². The molecule has 32 heavy (non-hydrogen) atoms.